The van der Waals surface area contributed by atoms with E-state index in [1.54, 1.807) is 16.8 Å². The highest BCUT2D eigenvalue weighted by molar-refractivity contribution is 5.93. The van der Waals surface area contributed by atoms with E-state index in [1.165, 1.54) is 10.3 Å². The molecule has 0 fully saturated rings. The van der Waals surface area contributed by atoms with E-state index in [-0.39, 0.29) is 5.91 Å². The Kier molecular flexibility index (Phi) is 3.21. The highest BCUT2D eigenvalue weighted by atomic mass is 16.2. The molecular weight excluding hydrogens is 250 g/mol. The first kappa shape index (κ1) is 12.4. The van der Waals surface area contributed by atoms with Crippen molar-refractivity contribution >= 4 is 12.0 Å². The van der Waals surface area contributed by atoms with Crippen LogP contribution in [-0.4, -0.2) is 20.3 Å². The van der Waals surface area contributed by atoms with Crippen molar-refractivity contribution in [3.05, 3.63) is 71.9 Å². The van der Waals surface area contributed by atoms with Gasteiger partial charge in [-0.25, -0.2) is 4.68 Å². The largest absolute Gasteiger partial charge is 0.347 e. The molecular formula is C16H15N3O. The standard InChI is InChI=1S/C16H15N3O/c1-18-11-4-7-15(18)16(20)19-12-10-14(17-19)9-8-13-5-2-3-6-13/h2-5,7-12H,6H2,1H3. The summed E-state index contributed by atoms with van der Waals surface area (Å²) in [6, 6.07) is 5.46. The van der Waals surface area contributed by atoms with E-state index < -0.39 is 0 Å². The molecule has 0 aromatic carbocycles. The van der Waals surface area contributed by atoms with Crippen molar-refractivity contribution in [2.24, 2.45) is 7.05 Å². The molecule has 0 amide bonds. The lowest BCUT2D eigenvalue weighted by atomic mass is 10.2. The van der Waals surface area contributed by atoms with Gasteiger partial charge in [0, 0.05) is 19.4 Å². The summed E-state index contributed by atoms with van der Waals surface area (Å²) >= 11 is 0. The summed E-state index contributed by atoms with van der Waals surface area (Å²) in [6.07, 6.45) is 14.7. The molecule has 0 spiro atoms. The van der Waals surface area contributed by atoms with Gasteiger partial charge in [-0.2, -0.15) is 5.10 Å². The molecule has 0 aliphatic heterocycles. The van der Waals surface area contributed by atoms with Crippen LogP contribution in [0.2, 0.25) is 0 Å². The summed E-state index contributed by atoms with van der Waals surface area (Å²) < 4.78 is 3.16. The maximum atomic E-state index is 12.2. The van der Waals surface area contributed by atoms with Crippen LogP contribution in [0.5, 0.6) is 0 Å². The zero-order valence-electron chi connectivity index (χ0n) is 11.2. The Morgan fingerprint density at radius 1 is 1.30 bits per heavy atom. The molecule has 0 radical (unpaired) electrons. The molecule has 0 saturated carbocycles. The molecule has 20 heavy (non-hydrogen) atoms. The van der Waals surface area contributed by atoms with Gasteiger partial charge in [0.2, 0.25) is 0 Å². The molecule has 2 aromatic rings. The Morgan fingerprint density at radius 3 is 2.90 bits per heavy atom. The van der Waals surface area contributed by atoms with E-state index >= 15 is 0 Å². The normalized spacial score (nSPS) is 14.2. The lowest BCUT2D eigenvalue weighted by Gasteiger charge is -2.01. The van der Waals surface area contributed by atoms with Crippen LogP contribution in [0.15, 0.2) is 60.5 Å². The Labute approximate surface area is 117 Å². The maximum absolute atomic E-state index is 12.2. The van der Waals surface area contributed by atoms with E-state index in [4.69, 9.17) is 0 Å². The summed E-state index contributed by atoms with van der Waals surface area (Å²) in [5.74, 6) is -0.126. The first-order valence-electron chi connectivity index (χ1n) is 6.49. The molecule has 1 aliphatic carbocycles. The predicted molar refractivity (Wildman–Crippen MR) is 78.2 cm³/mol. The summed E-state index contributed by atoms with van der Waals surface area (Å²) in [5.41, 5.74) is 2.64. The highest BCUT2D eigenvalue weighted by Crippen LogP contribution is 2.13. The third-order valence-electron chi connectivity index (χ3n) is 3.25. The van der Waals surface area contributed by atoms with Gasteiger partial charge < -0.3 is 4.57 Å². The van der Waals surface area contributed by atoms with Crippen molar-refractivity contribution in [1.82, 2.24) is 14.3 Å². The second kappa shape index (κ2) is 5.17. The molecule has 2 heterocycles. The molecule has 0 bridgehead atoms. The number of allylic oxidation sites excluding steroid dienone is 5. The number of hydrogen-bond acceptors (Lipinski definition) is 2. The summed E-state index contributed by atoms with van der Waals surface area (Å²) in [6.45, 7) is 0. The van der Waals surface area contributed by atoms with Gasteiger partial charge in [-0.05, 0) is 36.3 Å². The zero-order valence-corrected chi connectivity index (χ0v) is 11.2. The van der Waals surface area contributed by atoms with Crippen molar-refractivity contribution in [3.8, 4) is 0 Å². The van der Waals surface area contributed by atoms with E-state index in [9.17, 15) is 4.79 Å². The van der Waals surface area contributed by atoms with Gasteiger partial charge in [0.05, 0.1) is 5.69 Å². The first-order chi connectivity index (χ1) is 9.74. The van der Waals surface area contributed by atoms with E-state index in [1.807, 2.05) is 43.6 Å². The van der Waals surface area contributed by atoms with Crippen molar-refractivity contribution in [2.75, 3.05) is 0 Å². The molecule has 4 nitrogen and oxygen atoms in total. The van der Waals surface area contributed by atoms with Crippen LogP contribution in [0.25, 0.3) is 6.08 Å². The number of hydrogen-bond donors (Lipinski definition) is 0. The average molecular weight is 265 g/mol. The predicted octanol–water partition coefficient (Wildman–Crippen LogP) is 2.81. The van der Waals surface area contributed by atoms with Gasteiger partial charge in [0.25, 0.3) is 5.91 Å². The molecule has 0 atom stereocenters. The van der Waals surface area contributed by atoms with Gasteiger partial charge in [0.1, 0.15) is 5.69 Å². The molecule has 0 saturated heterocycles. The van der Waals surface area contributed by atoms with E-state index in [0.717, 1.165) is 12.1 Å². The molecule has 2 aromatic heterocycles. The third kappa shape index (κ3) is 2.40. The maximum Gasteiger partial charge on any atom is 0.294 e. The number of carbonyl (C=O) groups is 1. The van der Waals surface area contributed by atoms with Crippen molar-refractivity contribution < 1.29 is 4.79 Å². The minimum atomic E-state index is -0.126. The summed E-state index contributed by atoms with van der Waals surface area (Å²) in [7, 11) is 1.84. The van der Waals surface area contributed by atoms with Gasteiger partial charge in [0.15, 0.2) is 0 Å². The quantitative estimate of drug-likeness (QED) is 0.856. The molecule has 1 aliphatic rings. The van der Waals surface area contributed by atoms with Crippen LogP contribution in [-0.2, 0) is 7.05 Å². The van der Waals surface area contributed by atoms with Gasteiger partial charge >= 0.3 is 0 Å². The van der Waals surface area contributed by atoms with Crippen LogP contribution in [0, 0.1) is 0 Å². The fraction of sp³-hybridized carbons (Fsp3) is 0.125. The van der Waals surface area contributed by atoms with E-state index in [0.29, 0.717) is 5.69 Å². The minimum absolute atomic E-state index is 0.126. The smallest absolute Gasteiger partial charge is 0.294 e. The first-order valence-corrected chi connectivity index (χ1v) is 6.49. The van der Waals surface area contributed by atoms with Crippen LogP contribution < -0.4 is 0 Å². The van der Waals surface area contributed by atoms with Gasteiger partial charge in [-0.15, -0.1) is 0 Å². The summed E-state index contributed by atoms with van der Waals surface area (Å²) in [4.78, 5) is 12.2. The molecule has 0 N–H and O–H groups in total. The molecule has 100 valence electrons. The molecule has 4 heteroatoms. The second-order valence-corrected chi connectivity index (χ2v) is 4.70. The van der Waals surface area contributed by atoms with Crippen molar-refractivity contribution in [3.63, 3.8) is 0 Å². The van der Waals surface area contributed by atoms with Crippen LogP contribution in [0.1, 0.15) is 22.6 Å². The number of carbonyl (C=O) groups excluding carboxylic acids is 1. The number of rotatable bonds is 3. The summed E-state index contributed by atoms with van der Waals surface area (Å²) in [5, 5.41) is 4.29. The zero-order chi connectivity index (χ0) is 13.9. The van der Waals surface area contributed by atoms with Gasteiger partial charge in [-0.1, -0.05) is 24.3 Å². The van der Waals surface area contributed by atoms with Crippen LogP contribution >= 0.6 is 0 Å². The highest BCUT2D eigenvalue weighted by Gasteiger charge is 2.12. The Balaban J connectivity index is 1.77. The fourth-order valence-corrected chi connectivity index (χ4v) is 2.12. The SMILES string of the molecule is Cn1cccc1C(=O)n1ccc(C=CC2=CC=CC2)n1. The second-order valence-electron chi connectivity index (χ2n) is 4.70. The lowest BCUT2D eigenvalue weighted by molar-refractivity contribution is 0.0937. The molecule has 3 rings (SSSR count). The monoisotopic (exact) mass is 265 g/mol. The molecule has 0 unspecified atom stereocenters. The minimum Gasteiger partial charge on any atom is -0.347 e. The Bertz CT molecular complexity index is 728. The third-order valence-corrected chi connectivity index (χ3v) is 3.25. The topological polar surface area (TPSA) is 39.8 Å². The van der Waals surface area contributed by atoms with Gasteiger partial charge in [-0.3, -0.25) is 4.79 Å². The van der Waals surface area contributed by atoms with E-state index in [2.05, 4.69) is 17.3 Å². The van der Waals surface area contributed by atoms with Crippen LogP contribution in [0.4, 0.5) is 0 Å². The number of aryl methyl sites for hydroxylation is 1. The fourth-order valence-electron chi connectivity index (χ4n) is 2.12. The Hall–Kier alpha value is -2.62. The van der Waals surface area contributed by atoms with Crippen molar-refractivity contribution in [1.29, 1.82) is 0 Å². The number of nitrogens with zero attached hydrogens (tertiary/aromatic N) is 3. The number of aromatic nitrogens is 3. The van der Waals surface area contributed by atoms with Crippen LogP contribution in [0.3, 0.4) is 0 Å². The average Bonchev–Trinajstić information content (AvgIpc) is 3.17. The lowest BCUT2D eigenvalue weighted by Crippen LogP contribution is -2.15. The Morgan fingerprint density at radius 2 is 2.20 bits per heavy atom. The van der Waals surface area contributed by atoms with Crippen molar-refractivity contribution in [2.45, 2.75) is 6.42 Å².